The second-order valence-corrected chi connectivity index (χ2v) is 7.91. The number of ketones is 3. The SMILES string of the molecule is CC1=C(CCCC(=O)CCCc2c[nH]c3ccccc23)C(=O)c2ccccc2C1=O. The van der Waals surface area contributed by atoms with Crippen LogP contribution in [0.4, 0.5) is 0 Å². The summed E-state index contributed by atoms with van der Waals surface area (Å²) >= 11 is 0. The van der Waals surface area contributed by atoms with E-state index in [-0.39, 0.29) is 17.3 Å². The van der Waals surface area contributed by atoms with Gasteiger partial charge >= 0.3 is 0 Å². The van der Waals surface area contributed by atoms with Gasteiger partial charge in [-0.1, -0.05) is 42.5 Å². The Hall–Kier alpha value is -3.27. The number of aromatic amines is 1. The van der Waals surface area contributed by atoms with E-state index in [2.05, 4.69) is 17.1 Å². The van der Waals surface area contributed by atoms with E-state index < -0.39 is 0 Å². The number of hydrogen-bond acceptors (Lipinski definition) is 3. The number of aromatic nitrogens is 1. The zero-order chi connectivity index (χ0) is 21.1. The molecule has 3 aromatic rings. The highest BCUT2D eigenvalue weighted by Gasteiger charge is 2.28. The van der Waals surface area contributed by atoms with E-state index in [0.717, 1.165) is 18.4 Å². The summed E-state index contributed by atoms with van der Waals surface area (Å²) in [5.41, 5.74) is 4.40. The van der Waals surface area contributed by atoms with Crippen LogP contribution >= 0.6 is 0 Å². The number of benzene rings is 2. The second-order valence-electron chi connectivity index (χ2n) is 7.91. The Morgan fingerprint density at radius 3 is 2.23 bits per heavy atom. The number of carbonyl (C=O) groups excluding carboxylic acids is 3. The van der Waals surface area contributed by atoms with Gasteiger partial charge in [0.1, 0.15) is 5.78 Å². The summed E-state index contributed by atoms with van der Waals surface area (Å²) in [7, 11) is 0. The molecule has 0 bridgehead atoms. The molecule has 1 heterocycles. The predicted molar refractivity (Wildman–Crippen MR) is 118 cm³/mol. The molecule has 0 fully saturated rings. The summed E-state index contributed by atoms with van der Waals surface area (Å²) < 4.78 is 0. The monoisotopic (exact) mass is 399 g/mol. The number of para-hydroxylation sites is 1. The molecule has 1 aliphatic carbocycles. The van der Waals surface area contributed by atoms with Crippen molar-refractivity contribution in [2.45, 2.75) is 45.4 Å². The third-order valence-corrected chi connectivity index (χ3v) is 5.94. The molecule has 0 amide bonds. The zero-order valence-electron chi connectivity index (χ0n) is 17.2. The van der Waals surface area contributed by atoms with Gasteiger partial charge in [0.2, 0.25) is 0 Å². The highest BCUT2D eigenvalue weighted by Crippen LogP contribution is 2.29. The van der Waals surface area contributed by atoms with Crippen LogP contribution in [0.2, 0.25) is 0 Å². The second kappa shape index (κ2) is 8.62. The van der Waals surface area contributed by atoms with Crippen molar-refractivity contribution in [1.29, 1.82) is 0 Å². The lowest BCUT2D eigenvalue weighted by molar-refractivity contribution is -0.119. The van der Waals surface area contributed by atoms with Crippen LogP contribution in [0.1, 0.15) is 65.3 Å². The van der Waals surface area contributed by atoms with Gasteiger partial charge in [-0.05, 0) is 44.2 Å². The molecule has 0 unspecified atom stereocenters. The highest BCUT2D eigenvalue weighted by molar-refractivity contribution is 6.26. The third kappa shape index (κ3) is 3.90. The minimum atomic E-state index is -0.0785. The molecule has 0 aliphatic heterocycles. The van der Waals surface area contributed by atoms with E-state index in [1.165, 1.54) is 10.9 Å². The van der Waals surface area contributed by atoms with Crippen LogP contribution in [0.3, 0.4) is 0 Å². The maximum absolute atomic E-state index is 12.8. The van der Waals surface area contributed by atoms with E-state index in [0.29, 0.717) is 48.0 Å². The average molecular weight is 399 g/mol. The molecule has 4 rings (SSSR count). The minimum absolute atomic E-state index is 0.0746. The number of nitrogens with one attached hydrogen (secondary N) is 1. The Balaban J connectivity index is 1.28. The van der Waals surface area contributed by atoms with Gasteiger partial charge in [-0.3, -0.25) is 14.4 Å². The molecular weight excluding hydrogens is 374 g/mol. The third-order valence-electron chi connectivity index (χ3n) is 5.94. The largest absolute Gasteiger partial charge is 0.361 e. The molecule has 1 aromatic heterocycles. The first-order valence-corrected chi connectivity index (χ1v) is 10.5. The molecule has 0 radical (unpaired) electrons. The van der Waals surface area contributed by atoms with Crippen LogP contribution in [0.5, 0.6) is 0 Å². The Bertz CT molecular complexity index is 1170. The van der Waals surface area contributed by atoms with E-state index in [4.69, 9.17) is 0 Å². The quantitative estimate of drug-likeness (QED) is 0.534. The van der Waals surface area contributed by atoms with Gasteiger partial charge in [-0.15, -0.1) is 0 Å². The molecule has 1 N–H and O–H groups in total. The first-order valence-electron chi connectivity index (χ1n) is 10.5. The number of rotatable bonds is 8. The van der Waals surface area contributed by atoms with Crippen LogP contribution in [0.15, 0.2) is 65.9 Å². The smallest absolute Gasteiger partial charge is 0.190 e. The molecule has 0 atom stereocenters. The van der Waals surface area contributed by atoms with Crippen LogP contribution in [0.25, 0.3) is 10.9 Å². The van der Waals surface area contributed by atoms with Crippen LogP contribution in [-0.2, 0) is 11.2 Å². The van der Waals surface area contributed by atoms with E-state index in [1.54, 1.807) is 31.2 Å². The highest BCUT2D eigenvalue weighted by atomic mass is 16.1. The van der Waals surface area contributed by atoms with E-state index in [9.17, 15) is 14.4 Å². The first-order chi connectivity index (χ1) is 14.6. The normalized spacial score (nSPS) is 13.8. The predicted octanol–water partition coefficient (Wildman–Crippen LogP) is 5.63. The van der Waals surface area contributed by atoms with Crippen molar-refractivity contribution in [1.82, 2.24) is 4.98 Å². The van der Waals surface area contributed by atoms with Crippen LogP contribution < -0.4 is 0 Å². The first kappa shape index (κ1) is 20.0. The van der Waals surface area contributed by atoms with Gasteiger partial charge in [0.05, 0.1) is 0 Å². The number of fused-ring (bicyclic) bond motifs is 2. The molecule has 4 nitrogen and oxygen atoms in total. The number of hydrogen-bond donors (Lipinski definition) is 1. The molecule has 0 spiro atoms. The van der Waals surface area contributed by atoms with Gasteiger partial charge in [-0.2, -0.15) is 0 Å². The van der Waals surface area contributed by atoms with E-state index >= 15 is 0 Å². The number of allylic oxidation sites excluding steroid dienone is 2. The fourth-order valence-corrected chi connectivity index (χ4v) is 4.25. The fourth-order valence-electron chi connectivity index (χ4n) is 4.25. The lowest BCUT2D eigenvalue weighted by Crippen LogP contribution is -2.21. The number of aryl methyl sites for hydroxylation is 1. The summed E-state index contributed by atoms with van der Waals surface area (Å²) in [4.78, 5) is 40.9. The standard InChI is InChI=1S/C26H25NO3/c1-17-20(26(30)23-13-3-2-12-22(23)25(17)29)14-7-10-19(28)9-6-8-18-16-27-24-15-5-4-11-21(18)24/h2-5,11-13,15-16,27H,6-10,14H2,1H3. The van der Waals surface area contributed by atoms with Crippen molar-refractivity contribution in [2.24, 2.45) is 0 Å². The molecule has 152 valence electrons. The molecule has 0 saturated heterocycles. The van der Waals surface area contributed by atoms with Crippen molar-refractivity contribution in [3.8, 4) is 0 Å². The summed E-state index contributed by atoms with van der Waals surface area (Å²) in [6, 6.07) is 15.1. The topological polar surface area (TPSA) is 67.0 Å². The van der Waals surface area contributed by atoms with Crippen LogP contribution in [0, 0.1) is 0 Å². The number of carbonyl (C=O) groups is 3. The van der Waals surface area contributed by atoms with Crippen molar-refractivity contribution in [3.05, 3.63) is 82.6 Å². The molecule has 1 aliphatic rings. The Labute approximate surface area is 176 Å². The Morgan fingerprint density at radius 2 is 1.47 bits per heavy atom. The lowest BCUT2D eigenvalue weighted by atomic mass is 9.82. The van der Waals surface area contributed by atoms with Crippen molar-refractivity contribution in [2.75, 3.05) is 0 Å². The maximum atomic E-state index is 12.8. The summed E-state index contributed by atoms with van der Waals surface area (Å²) in [5, 5.41) is 1.22. The average Bonchev–Trinajstić information content (AvgIpc) is 3.18. The van der Waals surface area contributed by atoms with Gasteiger partial charge in [0, 0.05) is 52.2 Å². The molecular formula is C26H25NO3. The maximum Gasteiger partial charge on any atom is 0.190 e. The van der Waals surface area contributed by atoms with Gasteiger partial charge in [-0.25, -0.2) is 0 Å². The summed E-state index contributed by atoms with van der Waals surface area (Å²) in [6.07, 6.45) is 5.74. The number of Topliss-reactive ketones (excluding diaryl/α,β-unsaturated/α-hetero) is 3. The minimum Gasteiger partial charge on any atom is -0.361 e. The summed E-state index contributed by atoms with van der Waals surface area (Å²) in [5.74, 6) is 0.0582. The lowest BCUT2D eigenvalue weighted by Gasteiger charge is -2.18. The fraction of sp³-hybridized carbons (Fsp3) is 0.269. The molecule has 4 heteroatoms. The van der Waals surface area contributed by atoms with Crippen molar-refractivity contribution >= 4 is 28.3 Å². The Kier molecular flexibility index (Phi) is 5.75. The van der Waals surface area contributed by atoms with Crippen molar-refractivity contribution < 1.29 is 14.4 Å². The molecule has 30 heavy (non-hydrogen) atoms. The molecule has 0 saturated carbocycles. The van der Waals surface area contributed by atoms with Gasteiger partial charge in [0.15, 0.2) is 11.6 Å². The molecule has 2 aromatic carbocycles. The van der Waals surface area contributed by atoms with Crippen molar-refractivity contribution in [3.63, 3.8) is 0 Å². The van der Waals surface area contributed by atoms with Crippen LogP contribution in [-0.4, -0.2) is 22.3 Å². The van der Waals surface area contributed by atoms with E-state index in [1.807, 2.05) is 18.3 Å². The Morgan fingerprint density at radius 1 is 0.833 bits per heavy atom. The van der Waals surface area contributed by atoms with Gasteiger partial charge in [0.25, 0.3) is 0 Å². The number of H-pyrrole nitrogens is 1. The zero-order valence-corrected chi connectivity index (χ0v) is 17.2. The van der Waals surface area contributed by atoms with Gasteiger partial charge < -0.3 is 4.98 Å². The summed E-state index contributed by atoms with van der Waals surface area (Å²) in [6.45, 7) is 1.72.